The number of aromatic nitrogens is 1. The highest BCUT2D eigenvalue weighted by atomic mass is 32.2. The van der Waals surface area contributed by atoms with Crippen molar-refractivity contribution in [1.29, 1.82) is 10.5 Å². The largest absolute Gasteiger partial charge is 0.454 e. The van der Waals surface area contributed by atoms with Gasteiger partial charge in [-0.25, -0.2) is 4.98 Å². The minimum absolute atomic E-state index is 0.0310. The van der Waals surface area contributed by atoms with Gasteiger partial charge in [0.05, 0.1) is 12.2 Å². The van der Waals surface area contributed by atoms with Gasteiger partial charge in [0.25, 0.3) is 0 Å². The minimum atomic E-state index is -0.0653. The zero-order valence-electron chi connectivity index (χ0n) is 12.4. The molecule has 1 aliphatic rings. The van der Waals surface area contributed by atoms with E-state index >= 15 is 0 Å². The summed E-state index contributed by atoms with van der Waals surface area (Å²) in [4.78, 5) is 4.14. The molecule has 0 fully saturated rings. The number of nitrogen functional groups attached to an aromatic ring is 1. The molecule has 3 N–H and O–H groups in total. The van der Waals surface area contributed by atoms with Gasteiger partial charge in [-0.3, -0.25) is 0 Å². The maximum Gasteiger partial charge on any atom is 0.231 e. The fourth-order valence-electron chi connectivity index (χ4n) is 2.44. The first-order valence-corrected chi connectivity index (χ1v) is 7.96. The monoisotopic (exact) mass is 340 g/mol. The Morgan fingerprint density at radius 1 is 1.25 bits per heavy atom. The molecule has 7 nitrogen and oxygen atoms in total. The Morgan fingerprint density at radius 3 is 2.75 bits per heavy atom. The van der Waals surface area contributed by atoms with Crippen LogP contribution in [0, 0.1) is 22.7 Å². The number of nitriles is 2. The lowest BCUT2D eigenvalue weighted by atomic mass is 9.96. The number of nitrogens with zero attached hydrogens (tertiary/aromatic N) is 3. The van der Waals surface area contributed by atoms with Crippen LogP contribution < -0.4 is 15.2 Å². The number of nitrogens with two attached hydrogens (primary N) is 1. The maximum absolute atomic E-state index is 9.63. The molecule has 0 bridgehead atoms. The van der Waals surface area contributed by atoms with E-state index in [1.54, 1.807) is 18.2 Å². The maximum atomic E-state index is 9.63. The van der Waals surface area contributed by atoms with Crippen molar-refractivity contribution in [3.63, 3.8) is 0 Å². The van der Waals surface area contributed by atoms with E-state index in [2.05, 4.69) is 11.1 Å². The molecule has 0 amide bonds. The average molecular weight is 340 g/mol. The fraction of sp³-hybridized carbons (Fsp3) is 0.188. The van der Waals surface area contributed by atoms with E-state index in [0.29, 0.717) is 33.4 Å². The molecule has 0 saturated heterocycles. The lowest BCUT2D eigenvalue weighted by Gasteiger charge is -2.14. The predicted molar refractivity (Wildman–Crippen MR) is 87.4 cm³/mol. The Kier molecular flexibility index (Phi) is 4.43. The lowest BCUT2D eigenvalue weighted by molar-refractivity contribution is 0.174. The Morgan fingerprint density at radius 2 is 2.04 bits per heavy atom. The van der Waals surface area contributed by atoms with Crippen LogP contribution in [0.1, 0.15) is 11.1 Å². The summed E-state index contributed by atoms with van der Waals surface area (Å²) in [5.74, 6) is 1.40. The molecule has 120 valence electrons. The Hall–Kier alpha value is -2.94. The Balaban J connectivity index is 2.31. The van der Waals surface area contributed by atoms with Gasteiger partial charge in [0.15, 0.2) is 11.5 Å². The van der Waals surface area contributed by atoms with Crippen LogP contribution in [-0.4, -0.2) is 29.2 Å². The minimum Gasteiger partial charge on any atom is -0.454 e. The van der Waals surface area contributed by atoms with Crippen LogP contribution in [-0.2, 0) is 0 Å². The number of aliphatic hydroxyl groups is 1. The summed E-state index contributed by atoms with van der Waals surface area (Å²) in [7, 11) is 0. The number of anilines is 1. The lowest BCUT2D eigenvalue weighted by Crippen LogP contribution is -2.04. The van der Waals surface area contributed by atoms with Crippen LogP contribution in [0.2, 0.25) is 0 Å². The van der Waals surface area contributed by atoms with Crippen LogP contribution >= 0.6 is 11.8 Å². The first-order valence-electron chi connectivity index (χ1n) is 6.97. The third-order valence-electron chi connectivity index (χ3n) is 3.41. The van der Waals surface area contributed by atoms with Gasteiger partial charge >= 0.3 is 0 Å². The van der Waals surface area contributed by atoms with E-state index in [-0.39, 0.29) is 30.3 Å². The van der Waals surface area contributed by atoms with Gasteiger partial charge < -0.3 is 20.3 Å². The second kappa shape index (κ2) is 6.67. The molecule has 2 heterocycles. The van der Waals surface area contributed by atoms with Gasteiger partial charge in [0.1, 0.15) is 28.5 Å². The van der Waals surface area contributed by atoms with Gasteiger partial charge in [0, 0.05) is 16.9 Å². The standard InChI is InChI=1S/C16H12N4O3S/c17-6-10-13(9-2-1-3-12-14(9)23-8-22-12)11(7-18)16(20-15(10)19)24-5-4-21/h1-3,21H,4-5,8H2,(H2,19,20). The number of thioether (sulfide) groups is 1. The molecular formula is C16H12N4O3S. The second-order valence-corrected chi connectivity index (χ2v) is 5.85. The molecule has 8 heteroatoms. The van der Waals surface area contributed by atoms with Crippen molar-refractivity contribution in [3.8, 4) is 34.8 Å². The Labute approximate surface area is 142 Å². The number of aliphatic hydroxyl groups excluding tert-OH is 1. The molecule has 1 aromatic heterocycles. The molecule has 1 aromatic carbocycles. The van der Waals surface area contributed by atoms with Crippen molar-refractivity contribution in [2.75, 3.05) is 24.9 Å². The number of benzene rings is 1. The fourth-order valence-corrected chi connectivity index (χ4v) is 3.18. The highest BCUT2D eigenvalue weighted by Crippen LogP contribution is 2.45. The molecule has 2 aromatic rings. The highest BCUT2D eigenvalue weighted by molar-refractivity contribution is 7.99. The molecule has 1 aliphatic heterocycles. The number of pyridine rings is 1. The van der Waals surface area contributed by atoms with Gasteiger partial charge in [-0.05, 0) is 6.07 Å². The van der Waals surface area contributed by atoms with Crippen molar-refractivity contribution in [1.82, 2.24) is 4.98 Å². The Bertz CT molecular complexity index is 886. The van der Waals surface area contributed by atoms with Gasteiger partial charge in [-0.15, -0.1) is 11.8 Å². The summed E-state index contributed by atoms with van der Waals surface area (Å²) < 4.78 is 10.9. The van der Waals surface area contributed by atoms with Crippen molar-refractivity contribution in [2.24, 2.45) is 0 Å². The van der Waals surface area contributed by atoms with Gasteiger partial charge in [-0.2, -0.15) is 10.5 Å². The molecule has 0 saturated carbocycles. The normalized spacial score (nSPS) is 11.8. The van der Waals surface area contributed by atoms with Crippen LogP contribution in [0.15, 0.2) is 23.2 Å². The third-order valence-corrected chi connectivity index (χ3v) is 4.37. The molecular weight excluding hydrogens is 328 g/mol. The number of hydrogen-bond acceptors (Lipinski definition) is 8. The number of hydrogen-bond donors (Lipinski definition) is 2. The molecule has 0 spiro atoms. The third kappa shape index (κ3) is 2.58. The summed E-state index contributed by atoms with van der Waals surface area (Å²) in [5.41, 5.74) is 7.18. The first kappa shape index (κ1) is 15.9. The van der Waals surface area contributed by atoms with E-state index in [9.17, 15) is 10.5 Å². The summed E-state index contributed by atoms with van der Waals surface area (Å²) in [6.07, 6.45) is 0. The second-order valence-electron chi connectivity index (χ2n) is 4.76. The molecule has 0 atom stereocenters. The predicted octanol–water partition coefficient (Wildman–Crippen LogP) is 1.89. The van der Waals surface area contributed by atoms with Crippen molar-refractivity contribution in [3.05, 3.63) is 29.3 Å². The topological polar surface area (TPSA) is 125 Å². The molecule has 0 unspecified atom stereocenters. The van der Waals surface area contributed by atoms with E-state index in [4.69, 9.17) is 20.3 Å². The number of ether oxygens (including phenoxy) is 2. The SMILES string of the molecule is N#Cc1c(N)nc(SCCO)c(C#N)c1-c1cccc2c1OCO2. The first-order chi connectivity index (χ1) is 11.7. The van der Waals surface area contributed by atoms with E-state index < -0.39 is 0 Å². The molecule has 0 radical (unpaired) electrons. The highest BCUT2D eigenvalue weighted by Gasteiger charge is 2.26. The molecule has 3 rings (SSSR count). The quantitative estimate of drug-likeness (QED) is 0.808. The van der Waals surface area contributed by atoms with Crippen molar-refractivity contribution in [2.45, 2.75) is 5.03 Å². The average Bonchev–Trinajstić information content (AvgIpc) is 3.08. The number of fused-ring (bicyclic) bond motifs is 1. The zero-order chi connectivity index (χ0) is 17.1. The molecule has 0 aliphatic carbocycles. The molecule has 24 heavy (non-hydrogen) atoms. The van der Waals surface area contributed by atoms with Crippen molar-refractivity contribution >= 4 is 17.6 Å². The summed E-state index contributed by atoms with van der Waals surface area (Å²) >= 11 is 1.20. The number of rotatable bonds is 4. The van der Waals surface area contributed by atoms with Crippen LogP contribution in [0.4, 0.5) is 5.82 Å². The van der Waals surface area contributed by atoms with Crippen LogP contribution in [0.3, 0.4) is 0 Å². The van der Waals surface area contributed by atoms with E-state index in [1.807, 2.05) is 6.07 Å². The summed E-state index contributed by atoms with van der Waals surface area (Å²) in [6.45, 7) is 0.00689. The van der Waals surface area contributed by atoms with Crippen LogP contribution in [0.5, 0.6) is 11.5 Å². The smallest absolute Gasteiger partial charge is 0.231 e. The zero-order valence-corrected chi connectivity index (χ0v) is 13.3. The van der Waals surface area contributed by atoms with Crippen molar-refractivity contribution < 1.29 is 14.6 Å². The summed E-state index contributed by atoms with van der Waals surface area (Å²) in [5, 5.41) is 28.5. The number of para-hydroxylation sites is 1. The van der Waals surface area contributed by atoms with Gasteiger partial charge in [0.2, 0.25) is 6.79 Å². The van der Waals surface area contributed by atoms with Gasteiger partial charge in [-0.1, -0.05) is 12.1 Å². The van der Waals surface area contributed by atoms with E-state index in [0.717, 1.165) is 0 Å². The van der Waals surface area contributed by atoms with Crippen LogP contribution in [0.25, 0.3) is 11.1 Å². The van der Waals surface area contributed by atoms with E-state index in [1.165, 1.54) is 11.8 Å². The summed E-state index contributed by atoms with van der Waals surface area (Å²) in [6, 6.07) is 9.35.